The molecule has 1 aliphatic carbocycles. The van der Waals surface area contributed by atoms with E-state index in [1.165, 1.54) is 19.3 Å². The van der Waals surface area contributed by atoms with Gasteiger partial charge < -0.3 is 5.32 Å². The molecule has 90 valence electrons. The van der Waals surface area contributed by atoms with Gasteiger partial charge in [-0.1, -0.05) is 13.3 Å². The van der Waals surface area contributed by atoms with Gasteiger partial charge in [0.1, 0.15) is 12.1 Å². The predicted molar refractivity (Wildman–Crippen MR) is 65.9 cm³/mol. The van der Waals surface area contributed by atoms with E-state index in [-0.39, 0.29) is 0 Å². The first-order valence-electron chi connectivity index (χ1n) is 6.18. The average Bonchev–Trinajstić information content (AvgIpc) is 2.88. The van der Waals surface area contributed by atoms with Crippen molar-refractivity contribution in [1.29, 1.82) is 0 Å². The van der Waals surface area contributed by atoms with Crippen molar-refractivity contribution >= 4 is 11.6 Å². The van der Waals surface area contributed by atoms with Crippen LogP contribution in [0.1, 0.15) is 31.9 Å². The summed E-state index contributed by atoms with van der Waals surface area (Å²) in [5.41, 5.74) is 0.971. The van der Waals surface area contributed by atoms with Crippen molar-refractivity contribution in [2.75, 3.05) is 5.32 Å². The Bertz CT molecular complexity index is 533. The highest BCUT2D eigenvalue weighted by Crippen LogP contribution is 2.27. The number of anilines is 1. The Morgan fingerprint density at radius 2 is 2.29 bits per heavy atom. The second-order valence-corrected chi connectivity index (χ2v) is 4.91. The van der Waals surface area contributed by atoms with Crippen molar-refractivity contribution in [3.8, 4) is 0 Å². The zero-order valence-corrected chi connectivity index (χ0v) is 10.2. The number of hydrogen-bond acceptors (Lipinski definition) is 4. The lowest BCUT2D eigenvalue weighted by atomic mass is 10.1. The van der Waals surface area contributed by atoms with Gasteiger partial charge in [-0.15, -0.1) is 0 Å². The lowest BCUT2D eigenvalue weighted by Crippen LogP contribution is -2.23. The highest BCUT2D eigenvalue weighted by Gasteiger charge is 2.23. The third-order valence-electron chi connectivity index (χ3n) is 3.57. The van der Waals surface area contributed by atoms with Crippen LogP contribution in [0, 0.1) is 12.8 Å². The van der Waals surface area contributed by atoms with Crippen molar-refractivity contribution in [3.05, 3.63) is 18.1 Å². The van der Waals surface area contributed by atoms with Crippen LogP contribution in [0.5, 0.6) is 0 Å². The van der Waals surface area contributed by atoms with Gasteiger partial charge >= 0.3 is 0 Å². The molecule has 5 nitrogen and oxygen atoms in total. The molecule has 2 heterocycles. The first kappa shape index (κ1) is 10.5. The topological polar surface area (TPSA) is 55.1 Å². The molecule has 2 unspecified atom stereocenters. The smallest absolute Gasteiger partial charge is 0.254 e. The molecule has 0 aromatic carbocycles. The van der Waals surface area contributed by atoms with Crippen LogP contribution in [0.15, 0.2) is 12.4 Å². The Balaban J connectivity index is 1.96. The van der Waals surface area contributed by atoms with E-state index < -0.39 is 0 Å². The van der Waals surface area contributed by atoms with Crippen molar-refractivity contribution in [2.24, 2.45) is 5.92 Å². The van der Waals surface area contributed by atoms with Gasteiger partial charge in [0.2, 0.25) is 0 Å². The van der Waals surface area contributed by atoms with Gasteiger partial charge in [-0.2, -0.15) is 14.6 Å². The summed E-state index contributed by atoms with van der Waals surface area (Å²) in [5.74, 6) is 2.39. The number of nitrogens with zero attached hydrogens (tertiary/aromatic N) is 4. The van der Waals surface area contributed by atoms with Gasteiger partial charge in [0.15, 0.2) is 0 Å². The second kappa shape index (κ2) is 3.98. The number of rotatable bonds is 2. The van der Waals surface area contributed by atoms with Crippen LogP contribution in [-0.2, 0) is 0 Å². The Morgan fingerprint density at radius 1 is 1.41 bits per heavy atom. The maximum absolute atomic E-state index is 4.34. The highest BCUT2D eigenvalue weighted by molar-refractivity contribution is 5.45. The Kier molecular flexibility index (Phi) is 2.46. The summed E-state index contributed by atoms with van der Waals surface area (Å²) in [7, 11) is 0. The van der Waals surface area contributed by atoms with Crippen LogP contribution in [0.3, 0.4) is 0 Å². The summed E-state index contributed by atoms with van der Waals surface area (Å²) in [6.45, 7) is 4.29. The molecule has 0 radical (unpaired) electrons. The fraction of sp³-hybridized carbons (Fsp3) is 0.583. The lowest BCUT2D eigenvalue weighted by molar-refractivity contribution is 0.553. The third kappa shape index (κ3) is 1.85. The minimum atomic E-state index is 0.546. The first-order chi connectivity index (χ1) is 8.24. The molecular weight excluding hydrogens is 214 g/mol. The van der Waals surface area contributed by atoms with Crippen LogP contribution >= 0.6 is 0 Å². The highest BCUT2D eigenvalue weighted by atomic mass is 15.4. The Hall–Kier alpha value is -1.65. The largest absolute Gasteiger partial charge is 0.367 e. The molecule has 0 bridgehead atoms. The average molecular weight is 231 g/mol. The molecule has 1 fully saturated rings. The van der Waals surface area contributed by atoms with E-state index in [9.17, 15) is 0 Å². The van der Waals surface area contributed by atoms with Crippen LogP contribution < -0.4 is 5.32 Å². The standard InChI is InChI=1S/C12H17N5/c1-8-4-3-5-10(8)16-11-6-9(2)15-12-13-7-14-17(11)12/h6-8,10,16H,3-5H2,1-2H3. The fourth-order valence-corrected chi connectivity index (χ4v) is 2.58. The number of nitrogens with one attached hydrogen (secondary N) is 1. The van der Waals surface area contributed by atoms with Gasteiger partial charge in [0, 0.05) is 17.8 Å². The van der Waals surface area contributed by atoms with E-state index in [0.717, 1.165) is 17.4 Å². The minimum Gasteiger partial charge on any atom is -0.367 e. The third-order valence-corrected chi connectivity index (χ3v) is 3.57. The lowest BCUT2D eigenvalue weighted by Gasteiger charge is -2.19. The number of fused-ring (bicyclic) bond motifs is 1. The molecule has 1 N–H and O–H groups in total. The molecule has 2 aromatic rings. The molecule has 3 rings (SSSR count). The molecule has 2 atom stereocenters. The van der Waals surface area contributed by atoms with E-state index >= 15 is 0 Å². The molecule has 2 aromatic heterocycles. The van der Waals surface area contributed by atoms with Gasteiger partial charge in [0.05, 0.1) is 0 Å². The zero-order chi connectivity index (χ0) is 11.8. The van der Waals surface area contributed by atoms with Crippen molar-refractivity contribution in [3.63, 3.8) is 0 Å². The summed E-state index contributed by atoms with van der Waals surface area (Å²) in [6.07, 6.45) is 5.40. The molecular formula is C12H17N5. The minimum absolute atomic E-state index is 0.546. The normalized spacial score (nSPS) is 24.4. The molecule has 0 saturated heterocycles. The van der Waals surface area contributed by atoms with E-state index in [1.54, 1.807) is 10.8 Å². The second-order valence-electron chi connectivity index (χ2n) is 4.91. The monoisotopic (exact) mass is 231 g/mol. The molecule has 17 heavy (non-hydrogen) atoms. The van der Waals surface area contributed by atoms with Crippen LogP contribution in [0.2, 0.25) is 0 Å². The summed E-state index contributed by atoms with van der Waals surface area (Å²) in [6, 6.07) is 2.58. The maximum Gasteiger partial charge on any atom is 0.254 e. The van der Waals surface area contributed by atoms with E-state index in [4.69, 9.17) is 0 Å². The Morgan fingerprint density at radius 3 is 3.06 bits per heavy atom. The zero-order valence-electron chi connectivity index (χ0n) is 10.2. The molecule has 1 saturated carbocycles. The number of aryl methyl sites for hydroxylation is 1. The number of aromatic nitrogens is 4. The maximum atomic E-state index is 4.34. The van der Waals surface area contributed by atoms with Crippen molar-refractivity contribution in [2.45, 2.75) is 39.2 Å². The van der Waals surface area contributed by atoms with E-state index in [1.807, 2.05) is 13.0 Å². The van der Waals surface area contributed by atoms with Crippen LogP contribution in [0.4, 0.5) is 5.82 Å². The molecule has 0 spiro atoms. The quantitative estimate of drug-likeness (QED) is 0.859. The SMILES string of the molecule is Cc1cc(NC2CCCC2C)n2ncnc2n1. The summed E-state index contributed by atoms with van der Waals surface area (Å²) in [5, 5.41) is 7.79. The molecule has 5 heteroatoms. The number of hydrogen-bond donors (Lipinski definition) is 1. The van der Waals surface area contributed by atoms with Gasteiger partial charge in [0.25, 0.3) is 5.78 Å². The molecule has 1 aliphatic rings. The summed E-state index contributed by atoms with van der Waals surface area (Å²) in [4.78, 5) is 8.47. The fourth-order valence-electron chi connectivity index (χ4n) is 2.58. The summed E-state index contributed by atoms with van der Waals surface area (Å²) >= 11 is 0. The van der Waals surface area contributed by atoms with Crippen molar-refractivity contribution < 1.29 is 0 Å². The molecule has 0 amide bonds. The first-order valence-corrected chi connectivity index (χ1v) is 6.18. The summed E-state index contributed by atoms with van der Waals surface area (Å²) < 4.78 is 1.78. The van der Waals surface area contributed by atoms with Gasteiger partial charge in [-0.3, -0.25) is 0 Å². The molecule has 0 aliphatic heterocycles. The van der Waals surface area contributed by atoms with Gasteiger partial charge in [-0.05, 0) is 25.7 Å². The van der Waals surface area contributed by atoms with E-state index in [2.05, 4.69) is 27.3 Å². The van der Waals surface area contributed by atoms with Crippen LogP contribution in [0.25, 0.3) is 5.78 Å². The van der Waals surface area contributed by atoms with Crippen LogP contribution in [-0.4, -0.2) is 25.6 Å². The predicted octanol–water partition coefficient (Wildman–Crippen LogP) is 2.03. The van der Waals surface area contributed by atoms with Gasteiger partial charge in [-0.25, -0.2) is 4.98 Å². The van der Waals surface area contributed by atoms with E-state index in [0.29, 0.717) is 11.8 Å². The Labute approximate surface area is 100 Å². The van der Waals surface area contributed by atoms with Crippen molar-refractivity contribution in [1.82, 2.24) is 19.6 Å².